The van der Waals surface area contributed by atoms with E-state index in [4.69, 9.17) is 15.8 Å². The fourth-order valence-corrected chi connectivity index (χ4v) is 3.51. The van der Waals surface area contributed by atoms with E-state index < -0.39 is 7.12 Å². The lowest BCUT2D eigenvalue weighted by molar-refractivity contribution is -0.130. The summed E-state index contributed by atoms with van der Waals surface area (Å²) < 4.78 is 0. The topological polar surface area (TPSA) is 66.5 Å². The summed E-state index contributed by atoms with van der Waals surface area (Å²) in [6.45, 7) is 0. The molecule has 0 aliphatic heterocycles. The molecule has 0 amide bonds. The minimum absolute atomic E-state index is 0.168. The molecule has 3 aliphatic carbocycles. The lowest BCUT2D eigenvalue weighted by Gasteiger charge is -2.69. The van der Waals surface area contributed by atoms with Crippen LogP contribution in [0.3, 0.4) is 0 Å². The second-order valence-electron chi connectivity index (χ2n) is 5.68. The predicted octanol–water partition coefficient (Wildman–Crippen LogP) is -0.210. The monoisotopic (exact) mass is 217 g/mol. The molecule has 3 nitrogen and oxygen atoms in total. The van der Waals surface area contributed by atoms with Crippen molar-refractivity contribution in [3.8, 4) is 0 Å². The highest BCUT2D eigenvalue weighted by Gasteiger charge is 2.65. The average Bonchev–Trinajstić information content (AvgIpc) is 2.14. The zero-order valence-corrected chi connectivity index (χ0v) is 9.19. The maximum atomic E-state index is 8.99. The summed E-state index contributed by atoms with van der Waals surface area (Å²) in [6.07, 6.45) is 4.55. The highest BCUT2D eigenvalue weighted by Crippen LogP contribution is 2.67. The molecule has 0 heterocycles. The number of nitrogens with two attached hydrogens (primary N) is 1. The van der Waals surface area contributed by atoms with Crippen molar-refractivity contribution in [3.05, 3.63) is 29.8 Å². The van der Waals surface area contributed by atoms with Crippen LogP contribution in [-0.2, 0) is 6.42 Å². The molecule has 4 N–H and O–H groups in total. The summed E-state index contributed by atoms with van der Waals surface area (Å²) in [5.41, 5.74) is 8.48. The van der Waals surface area contributed by atoms with Crippen molar-refractivity contribution < 1.29 is 10.0 Å². The Morgan fingerprint density at radius 1 is 1.12 bits per heavy atom. The van der Waals surface area contributed by atoms with Crippen LogP contribution in [0.4, 0.5) is 0 Å². The van der Waals surface area contributed by atoms with Gasteiger partial charge in [-0.2, -0.15) is 0 Å². The Labute approximate surface area is 95.4 Å². The van der Waals surface area contributed by atoms with Crippen LogP contribution in [0.25, 0.3) is 0 Å². The normalized spacial score (nSPS) is 35.2. The molecule has 0 aromatic heterocycles. The van der Waals surface area contributed by atoms with Gasteiger partial charge in [-0.15, -0.1) is 0 Å². The molecule has 1 aromatic carbocycles. The van der Waals surface area contributed by atoms with E-state index >= 15 is 0 Å². The summed E-state index contributed by atoms with van der Waals surface area (Å²) in [6, 6.07) is 7.53. The molecular weight excluding hydrogens is 201 g/mol. The molecule has 2 bridgehead atoms. The van der Waals surface area contributed by atoms with Crippen molar-refractivity contribution in [2.75, 3.05) is 0 Å². The van der Waals surface area contributed by atoms with E-state index in [0.29, 0.717) is 10.9 Å². The summed E-state index contributed by atoms with van der Waals surface area (Å²) in [5, 5.41) is 18.0. The molecule has 0 spiro atoms. The van der Waals surface area contributed by atoms with Gasteiger partial charge in [0.1, 0.15) is 0 Å². The minimum atomic E-state index is -1.36. The molecule has 3 fully saturated rings. The average molecular weight is 217 g/mol. The smallest absolute Gasteiger partial charge is 0.423 e. The van der Waals surface area contributed by atoms with Crippen molar-refractivity contribution in [3.63, 3.8) is 0 Å². The Hall–Kier alpha value is -0.835. The molecule has 3 saturated carbocycles. The Morgan fingerprint density at radius 3 is 2.12 bits per heavy atom. The molecule has 4 rings (SSSR count). The molecule has 3 aliphatic rings. The van der Waals surface area contributed by atoms with Gasteiger partial charge in [0.05, 0.1) is 0 Å². The highest BCUT2D eigenvalue weighted by molar-refractivity contribution is 6.58. The molecule has 0 unspecified atom stereocenters. The molecule has 16 heavy (non-hydrogen) atoms. The fraction of sp³-hybridized carbons (Fsp3) is 0.500. The quantitative estimate of drug-likeness (QED) is 0.614. The van der Waals surface area contributed by atoms with Crippen molar-refractivity contribution >= 4 is 12.6 Å². The van der Waals surface area contributed by atoms with Crippen molar-refractivity contribution in [1.82, 2.24) is 0 Å². The van der Waals surface area contributed by atoms with Crippen LogP contribution in [0.5, 0.6) is 0 Å². The van der Waals surface area contributed by atoms with Gasteiger partial charge in [-0.3, -0.25) is 0 Å². The third-order valence-electron chi connectivity index (χ3n) is 4.04. The number of rotatable bonds is 3. The Morgan fingerprint density at radius 2 is 1.69 bits per heavy atom. The van der Waals surface area contributed by atoms with Gasteiger partial charge >= 0.3 is 7.12 Å². The largest absolute Gasteiger partial charge is 0.488 e. The molecule has 4 heteroatoms. The molecule has 84 valence electrons. The fourth-order valence-electron chi connectivity index (χ4n) is 3.51. The van der Waals surface area contributed by atoms with Crippen LogP contribution < -0.4 is 11.2 Å². The molecular formula is C12H16BNO2. The highest BCUT2D eigenvalue weighted by atomic mass is 16.4. The van der Waals surface area contributed by atoms with Crippen LogP contribution in [-0.4, -0.2) is 22.7 Å². The second-order valence-corrected chi connectivity index (χ2v) is 5.68. The lowest BCUT2D eigenvalue weighted by atomic mass is 9.38. The van der Waals surface area contributed by atoms with Crippen LogP contribution in [0.15, 0.2) is 24.3 Å². The van der Waals surface area contributed by atoms with Gasteiger partial charge in [0.2, 0.25) is 0 Å². The van der Waals surface area contributed by atoms with Gasteiger partial charge in [0.15, 0.2) is 0 Å². The Balaban J connectivity index is 1.68. The van der Waals surface area contributed by atoms with Crippen LogP contribution >= 0.6 is 0 Å². The van der Waals surface area contributed by atoms with Gasteiger partial charge in [-0.25, -0.2) is 0 Å². The first-order valence-electron chi connectivity index (χ1n) is 5.74. The van der Waals surface area contributed by atoms with E-state index in [1.807, 2.05) is 12.1 Å². The first-order chi connectivity index (χ1) is 7.50. The first kappa shape index (κ1) is 10.3. The van der Waals surface area contributed by atoms with E-state index in [0.717, 1.165) is 25.7 Å². The van der Waals surface area contributed by atoms with Crippen LogP contribution in [0, 0.1) is 5.41 Å². The SMILES string of the molecule is NC12CC(Cc3ccc(B(O)O)cc3)(C1)C2. The molecule has 0 atom stereocenters. The standard InChI is InChI=1S/C12H16BNO2/c14-12-6-11(7-12,8-12)5-9-1-3-10(4-2-9)13(15)16/h1-4,15-16H,5-8,14H2. The summed E-state index contributed by atoms with van der Waals surface area (Å²) in [7, 11) is -1.36. The second kappa shape index (κ2) is 3.09. The number of hydrogen-bond acceptors (Lipinski definition) is 3. The van der Waals surface area contributed by atoms with E-state index in [9.17, 15) is 0 Å². The third-order valence-corrected chi connectivity index (χ3v) is 4.04. The Kier molecular flexibility index (Phi) is 2.00. The summed E-state index contributed by atoms with van der Waals surface area (Å²) in [5.74, 6) is 0. The Bertz CT molecular complexity index is 396. The first-order valence-corrected chi connectivity index (χ1v) is 5.74. The summed E-state index contributed by atoms with van der Waals surface area (Å²) in [4.78, 5) is 0. The van der Waals surface area contributed by atoms with Gasteiger partial charge in [-0.1, -0.05) is 24.3 Å². The molecule has 0 radical (unpaired) electrons. The maximum absolute atomic E-state index is 8.99. The van der Waals surface area contributed by atoms with Gasteiger partial charge < -0.3 is 15.8 Å². The molecule has 0 saturated heterocycles. The van der Waals surface area contributed by atoms with E-state index in [2.05, 4.69) is 0 Å². The van der Waals surface area contributed by atoms with E-state index in [1.54, 1.807) is 12.1 Å². The predicted molar refractivity (Wildman–Crippen MR) is 63.2 cm³/mol. The van der Waals surface area contributed by atoms with Gasteiger partial charge in [-0.05, 0) is 42.1 Å². The van der Waals surface area contributed by atoms with Crippen LogP contribution in [0.1, 0.15) is 24.8 Å². The summed E-state index contributed by atoms with van der Waals surface area (Å²) >= 11 is 0. The van der Waals surface area contributed by atoms with Crippen LogP contribution in [0.2, 0.25) is 0 Å². The third kappa shape index (κ3) is 1.49. The van der Waals surface area contributed by atoms with E-state index in [1.165, 1.54) is 5.56 Å². The molecule has 1 aromatic rings. The van der Waals surface area contributed by atoms with Crippen molar-refractivity contribution in [2.24, 2.45) is 11.1 Å². The number of benzene rings is 1. The lowest BCUT2D eigenvalue weighted by Crippen LogP contribution is -2.72. The zero-order chi connectivity index (χ0) is 11.4. The minimum Gasteiger partial charge on any atom is -0.423 e. The zero-order valence-electron chi connectivity index (χ0n) is 9.19. The van der Waals surface area contributed by atoms with Crippen molar-refractivity contribution in [2.45, 2.75) is 31.2 Å². The van der Waals surface area contributed by atoms with E-state index in [-0.39, 0.29) is 5.54 Å². The maximum Gasteiger partial charge on any atom is 0.488 e. The van der Waals surface area contributed by atoms with Gasteiger partial charge in [0.25, 0.3) is 0 Å². The number of hydrogen-bond donors (Lipinski definition) is 3. The van der Waals surface area contributed by atoms with Gasteiger partial charge in [0, 0.05) is 5.54 Å². The van der Waals surface area contributed by atoms with Crippen molar-refractivity contribution in [1.29, 1.82) is 0 Å².